The first-order chi connectivity index (χ1) is 5.62. The molecular formula is C12H24Sn. The molecule has 0 nitrogen and oxygen atoms in total. The van der Waals surface area contributed by atoms with Crippen LogP contribution in [0.15, 0.2) is 0 Å². The third kappa shape index (κ3) is 1.10. The molecule has 3 rings (SSSR count). The Morgan fingerprint density at radius 3 is 1.54 bits per heavy atom. The Bertz CT molecular complexity index is 195. The van der Waals surface area contributed by atoms with Gasteiger partial charge in [-0.05, 0) is 0 Å². The summed E-state index contributed by atoms with van der Waals surface area (Å²) in [5.41, 5.74) is 1.35. The van der Waals surface area contributed by atoms with E-state index in [2.05, 4.69) is 35.6 Å². The minimum atomic E-state index is -1.57. The molecular weight excluding hydrogens is 263 g/mol. The Hall–Kier alpha value is 0.799. The van der Waals surface area contributed by atoms with Crippen molar-refractivity contribution in [2.24, 2.45) is 10.8 Å². The molecule has 1 heteroatoms. The zero-order chi connectivity index (χ0) is 10.1. The molecule has 0 N–H and O–H groups in total. The first kappa shape index (κ1) is 10.3. The van der Waals surface area contributed by atoms with E-state index in [-0.39, 0.29) is 0 Å². The molecule has 3 fully saturated rings. The molecule has 0 spiro atoms. The monoisotopic (exact) mass is 288 g/mol. The zero-order valence-corrected chi connectivity index (χ0v) is 13.0. The van der Waals surface area contributed by atoms with E-state index in [9.17, 15) is 0 Å². The van der Waals surface area contributed by atoms with E-state index in [4.69, 9.17) is 0 Å². The predicted molar refractivity (Wildman–Crippen MR) is 61.8 cm³/mol. The van der Waals surface area contributed by atoms with Crippen molar-refractivity contribution in [1.29, 1.82) is 0 Å². The van der Waals surface area contributed by atoms with Gasteiger partial charge in [0.2, 0.25) is 0 Å². The van der Waals surface area contributed by atoms with Crippen molar-refractivity contribution in [3.05, 3.63) is 0 Å². The second-order valence-corrected chi connectivity index (χ2v) is 23.5. The van der Waals surface area contributed by atoms with E-state index in [1.54, 1.807) is 19.3 Å². The van der Waals surface area contributed by atoms with Crippen LogP contribution in [-0.2, 0) is 0 Å². The maximum absolute atomic E-state index is 2.63. The maximum atomic E-state index is 2.63. The normalized spacial score (nSPS) is 43.8. The van der Waals surface area contributed by atoms with Crippen molar-refractivity contribution in [3.8, 4) is 0 Å². The average Bonchev–Trinajstić information content (AvgIpc) is 1.41. The second-order valence-electron chi connectivity index (χ2n) is 7.59. The van der Waals surface area contributed by atoms with Crippen LogP contribution in [0, 0.1) is 10.8 Å². The van der Waals surface area contributed by atoms with Crippen molar-refractivity contribution in [1.82, 2.24) is 0 Å². The topological polar surface area (TPSA) is 0 Å². The van der Waals surface area contributed by atoms with E-state index in [0.717, 1.165) is 8.85 Å². The van der Waals surface area contributed by atoms with Crippen LogP contribution in [0.25, 0.3) is 0 Å². The van der Waals surface area contributed by atoms with Gasteiger partial charge in [-0.25, -0.2) is 0 Å². The van der Waals surface area contributed by atoms with Crippen LogP contribution in [0.1, 0.15) is 40.0 Å². The molecule has 0 aromatic heterocycles. The summed E-state index contributed by atoms with van der Waals surface area (Å²) >= 11 is -1.57. The minimum absolute atomic E-state index is 0.575. The molecule has 3 aliphatic rings. The van der Waals surface area contributed by atoms with Crippen LogP contribution in [0.2, 0.25) is 18.2 Å². The van der Waals surface area contributed by atoms with Gasteiger partial charge in [0.05, 0.1) is 0 Å². The molecule has 3 aliphatic carbocycles. The Balaban J connectivity index is 2.09. The summed E-state index contributed by atoms with van der Waals surface area (Å²) in [7, 11) is 0. The van der Waals surface area contributed by atoms with Gasteiger partial charge in [0.1, 0.15) is 0 Å². The summed E-state index contributed by atoms with van der Waals surface area (Å²) in [6.07, 6.45) is 4.76. The summed E-state index contributed by atoms with van der Waals surface area (Å²) in [5.74, 6) is 0. The third-order valence-corrected chi connectivity index (χ3v) is 15.8. The van der Waals surface area contributed by atoms with Crippen LogP contribution >= 0.6 is 0 Å². The molecule has 76 valence electrons. The van der Waals surface area contributed by atoms with Crippen molar-refractivity contribution in [2.45, 2.75) is 58.3 Å². The van der Waals surface area contributed by atoms with E-state index >= 15 is 0 Å². The number of hydrogen-bond donors (Lipinski definition) is 0. The van der Waals surface area contributed by atoms with Crippen molar-refractivity contribution < 1.29 is 0 Å². The molecule has 0 aromatic rings. The van der Waals surface area contributed by atoms with Gasteiger partial charge in [0, 0.05) is 0 Å². The van der Waals surface area contributed by atoms with Gasteiger partial charge in [-0.1, -0.05) is 0 Å². The summed E-state index contributed by atoms with van der Waals surface area (Å²) < 4.78 is 0.932. The molecule has 2 bridgehead atoms. The van der Waals surface area contributed by atoms with Crippen LogP contribution in [0.3, 0.4) is 0 Å². The van der Waals surface area contributed by atoms with Crippen molar-refractivity contribution >= 4 is 18.4 Å². The molecule has 0 aromatic carbocycles. The van der Waals surface area contributed by atoms with Gasteiger partial charge < -0.3 is 0 Å². The summed E-state index contributed by atoms with van der Waals surface area (Å²) in [5, 5.41) is 0. The van der Waals surface area contributed by atoms with Crippen LogP contribution in [0.5, 0.6) is 0 Å². The molecule has 0 saturated heterocycles. The fourth-order valence-electron chi connectivity index (χ4n) is 3.38. The second kappa shape index (κ2) is 2.31. The first-order valence-electron chi connectivity index (χ1n) is 5.62. The Kier molecular flexibility index (Phi) is 1.83. The van der Waals surface area contributed by atoms with Crippen molar-refractivity contribution in [3.63, 3.8) is 0 Å². The quantitative estimate of drug-likeness (QED) is 0.631. The van der Waals surface area contributed by atoms with E-state index in [0.29, 0.717) is 5.41 Å². The number of rotatable bonds is 1. The van der Waals surface area contributed by atoms with E-state index < -0.39 is 18.4 Å². The molecule has 0 atom stereocenters. The summed E-state index contributed by atoms with van der Waals surface area (Å²) in [6.45, 7) is 7.32. The number of hydrogen-bond acceptors (Lipinski definition) is 0. The third-order valence-electron chi connectivity index (χ3n) is 5.21. The predicted octanol–water partition coefficient (Wildman–Crippen LogP) is 4.30. The Morgan fingerprint density at radius 1 is 0.923 bits per heavy atom. The molecule has 13 heavy (non-hydrogen) atoms. The first-order valence-corrected chi connectivity index (χ1v) is 15.6. The summed E-state index contributed by atoms with van der Waals surface area (Å²) in [6, 6.07) is 0. The molecule has 0 heterocycles. The van der Waals surface area contributed by atoms with Gasteiger partial charge in [-0.15, -0.1) is 0 Å². The fourth-order valence-corrected chi connectivity index (χ4v) is 10.8. The Labute approximate surface area is 87.4 Å². The van der Waals surface area contributed by atoms with Crippen LogP contribution in [0.4, 0.5) is 0 Å². The molecule has 3 saturated carbocycles. The van der Waals surface area contributed by atoms with Gasteiger partial charge in [-0.2, -0.15) is 0 Å². The Morgan fingerprint density at radius 2 is 1.31 bits per heavy atom. The van der Waals surface area contributed by atoms with Gasteiger partial charge in [-0.3, -0.25) is 0 Å². The molecule has 0 aliphatic heterocycles. The van der Waals surface area contributed by atoms with Crippen LogP contribution in [-0.4, -0.2) is 18.4 Å². The van der Waals surface area contributed by atoms with Gasteiger partial charge in [0.25, 0.3) is 0 Å². The summed E-state index contributed by atoms with van der Waals surface area (Å²) in [4.78, 5) is 7.88. The van der Waals surface area contributed by atoms with E-state index in [1.807, 2.05) is 0 Å². The molecule has 0 unspecified atom stereocenters. The fraction of sp³-hybridized carbons (Fsp3) is 1.00. The average molecular weight is 287 g/mol. The van der Waals surface area contributed by atoms with Gasteiger partial charge >= 0.3 is 87.5 Å². The standard InChI is InChI=1S/C9H15.3CH3.Sn/c1-8(2,3)9-4-7(5-9)6-9;;;;/h4-6H2,1-3H3;3*1H3;. The van der Waals surface area contributed by atoms with Crippen molar-refractivity contribution in [2.75, 3.05) is 0 Å². The van der Waals surface area contributed by atoms with Gasteiger partial charge in [0.15, 0.2) is 0 Å². The van der Waals surface area contributed by atoms with Crippen LogP contribution < -0.4 is 0 Å². The zero-order valence-electron chi connectivity index (χ0n) is 10.1. The molecule has 0 amide bonds. The molecule has 0 radical (unpaired) electrons. The SMILES string of the molecule is CC(C)(C)C12C[C]([Sn]([CH3])([CH3])[CH3])(C1)C2. The van der Waals surface area contributed by atoms with E-state index in [1.165, 1.54) is 0 Å².